The largest absolute Gasteiger partial charge is 0.274 e. The van der Waals surface area contributed by atoms with Gasteiger partial charge in [-0.05, 0) is 72.9 Å². The summed E-state index contributed by atoms with van der Waals surface area (Å²) in [6.45, 7) is 0. The van der Waals surface area contributed by atoms with Crippen LogP contribution in [-0.4, -0.2) is 43.6 Å². The lowest BCUT2D eigenvalue weighted by Crippen LogP contribution is -2.32. The molecule has 0 spiro atoms. The van der Waals surface area contributed by atoms with E-state index < -0.39 is 0 Å². The number of benzene rings is 5. The molecule has 10 nitrogen and oxygen atoms in total. The molecule has 2 saturated heterocycles. The first-order valence-electron chi connectivity index (χ1n) is 21.4. The summed E-state index contributed by atoms with van der Waals surface area (Å²) in [4.78, 5) is 78.0. The van der Waals surface area contributed by atoms with Gasteiger partial charge >= 0.3 is 0 Å². The normalized spacial score (nSPS) is 26.5. The second-order valence-corrected chi connectivity index (χ2v) is 17.5. The monoisotopic (exact) mass is 808 g/mol. The molecule has 62 heavy (non-hydrogen) atoms. The zero-order valence-electron chi connectivity index (χ0n) is 33.2. The third kappa shape index (κ3) is 5.03. The summed E-state index contributed by atoms with van der Waals surface area (Å²) in [5, 5.41) is 1.50. The fraction of sp³-hybridized carbons (Fsp3) is 0.192. The number of aromatic nitrogens is 4. The maximum atomic E-state index is 13.7. The van der Waals surface area contributed by atoms with E-state index in [9.17, 15) is 19.2 Å². The van der Waals surface area contributed by atoms with E-state index in [0.29, 0.717) is 45.4 Å². The van der Waals surface area contributed by atoms with Crippen LogP contribution in [0.4, 0.5) is 11.4 Å². The van der Waals surface area contributed by atoms with Crippen molar-refractivity contribution in [1.82, 2.24) is 19.9 Å². The summed E-state index contributed by atoms with van der Waals surface area (Å²) in [7, 11) is 0. The first-order valence-corrected chi connectivity index (χ1v) is 21.4. The number of anilines is 2. The summed E-state index contributed by atoms with van der Waals surface area (Å²) >= 11 is 0. The molecule has 0 N–H and O–H groups in total. The molecule has 2 saturated carbocycles. The highest BCUT2D eigenvalue weighted by Gasteiger charge is 2.60. The molecular weight excluding hydrogens is 773 g/mol. The number of rotatable bonds is 6. The van der Waals surface area contributed by atoms with Crippen LogP contribution in [0.3, 0.4) is 0 Å². The molecule has 0 radical (unpaired) electrons. The topological polar surface area (TPSA) is 126 Å². The van der Waals surface area contributed by atoms with Gasteiger partial charge in [-0.1, -0.05) is 109 Å². The van der Waals surface area contributed by atoms with Crippen molar-refractivity contribution in [3.8, 4) is 45.3 Å². The Morgan fingerprint density at radius 2 is 0.742 bits per heavy atom. The number of nitrogens with zero attached hydrogens (tertiary/aromatic N) is 6. The predicted octanol–water partition coefficient (Wildman–Crippen LogP) is 8.86. The smallest absolute Gasteiger partial charge is 0.238 e. The molecule has 4 bridgehead atoms. The average Bonchev–Trinajstić information content (AvgIpc) is 4.19. The standard InChI is InChI=1S/C52H36N6O4/c59-49-41-31-15-16-32(23-31)42(41)50(60)57(49)35-19-21-39-37(25-35)45(27-7-3-1-4-8-27)55-47(53-39)29-11-13-30(14-12-29)48-54-40-22-20-36(26-38(40)46(56-48)28-9-5-2-6-10-28)58-51(61)43-33-17-18-34(24-33)44(43)52(58)62/h1-22,25-26,31-34,41-44H,23-24H2/t31-,32-,33-,34-,41+,42+,43+,44+/m0/s1. The van der Waals surface area contributed by atoms with Gasteiger partial charge in [-0.2, -0.15) is 0 Å². The number of carbonyl (C=O) groups excluding carboxylic acids is 4. The van der Waals surface area contributed by atoms with Crippen molar-refractivity contribution in [2.45, 2.75) is 12.8 Å². The zero-order valence-corrected chi connectivity index (χ0v) is 33.2. The maximum Gasteiger partial charge on any atom is 0.238 e. The van der Waals surface area contributed by atoms with Gasteiger partial charge in [0.15, 0.2) is 11.6 Å². The van der Waals surface area contributed by atoms with Crippen molar-refractivity contribution in [2.24, 2.45) is 47.3 Å². The molecular formula is C52H36N6O4. The molecule has 4 amide bonds. The minimum absolute atomic E-state index is 0.118. The van der Waals surface area contributed by atoms with Gasteiger partial charge in [-0.25, -0.2) is 29.7 Å². The number of imide groups is 2. The lowest BCUT2D eigenvalue weighted by Gasteiger charge is -2.19. The number of fused-ring (bicyclic) bond motifs is 12. The highest BCUT2D eigenvalue weighted by atomic mass is 16.2. The number of allylic oxidation sites excluding steroid dienone is 4. The average molecular weight is 809 g/mol. The molecule has 8 atom stereocenters. The van der Waals surface area contributed by atoms with E-state index >= 15 is 0 Å². The Kier molecular flexibility index (Phi) is 7.42. The van der Waals surface area contributed by atoms with Crippen LogP contribution in [0.25, 0.3) is 67.1 Å². The van der Waals surface area contributed by atoms with Crippen LogP contribution in [0, 0.1) is 47.3 Å². The Hall–Kier alpha value is -7.46. The van der Waals surface area contributed by atoms with Crippen molar-refractivity contribution < 1.29 is 19.2 Å². The van der Waals surface area contributed by atoms with Gasteiger partial charge in [0, 0.05) is 33.0 Å². The van der Waals surface area contributed by atoms with Crippen LogP contribution >= 0.6 is 0 Å². The molecule has 4 aliphatic carbocycles. The Bertz CT molecular complexity index is 2910. The fourth-order valence-corrected chi connectivity index (χ4v) is 11.5. The Morgan fingerprint density at radius 3 is 1.10 bits per heavy atom. The molecule has 13 rings (SSSR count). The number of carbonyl (C=O) groups is 4. The number of hydrogen-bond donors (Lipinski definition) is 0. The van der Waals surface area contributed by atoms with Gasteiger partial charge in [0.2, 0.25) is 23.6 Å². The molecule has 10 heteroatoms. The number of hydrogen-bond acceptors (Lipinski definition) is 8. The Morgan fingerprint density at radius 1 is 0.387 bits per heavy atom. The second-order valence-electron chi connectivity index (χ2n) is 17.5. The molecule has 7 aromatic rings. The van der Waals surface area contributed by atoms with E-state index in [0.717, 1.165) is 45.9 Å². The first kappa shape index (κ1) is 35.3. The van der Waals surface area contributed by atoms with Gasteiger partial charge in [0.25, 0.3) is 0 Å². The highest BCUT2D eigenvalue weighted by molar-refractivity contribution is 6.24. The van der Waals surface area contributed by atoms with Crippen molar-refractivity contribution in [2.75, 3.05) is 9.80 Å². The molecule has 298 valence electrons. The second kappa shape index (κ2) is 13.0. The molecule has 2 aromatic heterocycles. The van der Waals surface area contributed by atoms with Crippen LogP contribution in [-0.2, 0) is 19.2 Å². The van der Waals surface area contributed by atoms with Gasteiger partial charge in [-0.15, -0.1) is 0 Å². The lowest BCUT2D eigenvalue weighted by atomic mass is 9.85. The van der Waals surface area contributed by atoms with Gasteiger partial charge in [-0.3, -0.25) is 19.2 Å². The highest BCUT2D eigenvalue weighted by Crippen LogP contribution is 2.55. The minimum Gasteiger partial charge on any atom is -0.274 e. The van der Waals surface area contributed by atoms with Crippen LogP contribution < -0.4 is 9.80 Å². The summed E-state index contributed by atoms with van der Waals surface area (Å²) in [5.41, 5.74) is 7.24. The molecule has 6 aliphatic rings. The van der Waals surface area contributed by atoms with Crippen LogP contribution in [0.1, 0.15) is 12.8 Å². The van der Waals surface area contributed by atoms with Crippen molar-refractivity contribution in [1.29, 1.82) is 0 Å². The fourth-order valence-electron chi connectivity index (χ4n) is 11.5. The predicted molar refractivity (Wildman–Crippen MR) is 235 cm³/mol. The van der Waals surface area contributed by atoms with E-state index in [1.165, 1.54) is 9.80 Å². The summed E-state index contributed by atoms with van der Waals surface area (Å²) < 4.78 is 0. The number of amides is 4. The molecule has 0 unspecified atom stereocenters. The minimum atomic E-state index is -0.284. The van der Waals surface area contributed by atoms with Gasteiger partial charge in [0.1, 0.15) is 0 Å². The van der Waals surface area contributed by atoms with Crippen LogP contribution in [0.5, 0.6) is 0 Å². The van der Waals surface area contributed by atoms with Crippen molar-refractivity contribution >= 4 is 56.8 Å². The summed E-state index contributed by atoms with van der Waals surface area (Å²) in [6.07, 6.45) is 10.2. The van der Waals surface area contributed by atoms with Gasteiger partial charge in [0.05, 0.1) is 57.5 Å². The van der Waals surface area contributed by atoms with E-state index in [-0.39, 0.29) is 71.0 Å². The van der Waals surface area contributed by atoms with Crippen LogP contribution in [0.2, 0.25) is 0 Å². The zero-order chi connectivity index (χ0) is 41.4. The van der Waals surface area contributed by atoms with Crippen LogP contribution in [0.15, 0.2) is 146 Å². The molecule has 4 heterocycles. The molecule has 2 aliphatic heterocycles. The first-order chi connectivity index (χ1) is 30.4. The van der Waals surface area contributed by atoms with E-state index in [1.54, 1.807) is 0 Å². The quantitative estimate of drug-likeness (QED) is 0.121. The third-order valence-corrected chi connectivity index (χ3v) is 14.3. The van der Waals surface area contributed by atoms with E-state index in [1.807, 2.05) is 121 Å². The lowest BCUT2D eigenvalue weighted by molar-refractivity contribution is -0.124. The Labute approximate surface area is 355 Å². The van der Waals surface area contributed by atoms with E-state index in [4.69, 9.17) is 19.9 Å². The summed E-state index contributed by atoms with van der Waals surface area (Å²) in [6, 6.07) is 38.8. The molecule has 4 fully saturated rings. The molecule has 5 aromatic carbocycles. The van der Waals surface area contributed by atoms with Crippen molar-refractivity contribution in [3.05, 3.63) is 146 Å². The van der Waals surface area contributed by atoms with E-state index in [2.05, 4.69) is 24.3 Å². The Balaban J connectivity index is 0.861. The SMILES string of the molecule is O=C1[C@H]2[C@H](C(=O)N1c1ccc3nc(-c4ccc(-c5nc(-c6ccccc6)c6cc(N7C(=O)[C@H]8[C@H](C7=O)[C@H]7C=C[C@H]8C7)ccc6n5)cc4)nc(-c4ccccc4)c3c1)[C@H]1C=C[C@H]2C1. The van der Waals surface area contributed by atoms with Gasteiger partial charge < -0.3 is 0 Å². The summed E-state index contributed by atoms with van der Waals surface area (Å²) in [5.74, 6) is -0.0423. The third-order valence-electron chi connectivity index (χ3n) is 14.3. The maximum absolute atomic E-state index is 13.7. The van der Waals surface area contributed by atoms with Crippen molar-refractivity contribution in [3.63, 3.8) is 0 Å².